The van der Waals surface area contributed by atoms with Gasteiger partial charge in [-0.25, -0.2) is 17.2 Å². The average molecular weight is 477 g/mol. The highest BCUT2D eigenvalue weighted by Crippen LogP contribution is 2.29. The number of nitrogens with zero attached hydrogens (tertiary/aromatic N) is 2. The lowest BCUT2D eigenvalue weighted by molar-refractivity contribution is -0.453. The SMILES string of the molecule is O=C(NC1CCCC1)C1=C[N+]2=C(C1)c1[nH]nc(NS(=O)(=O)c3cc(F)ccc3F)c1CCC2. The summed E-state index contributed by atoms with van der Waals surface area (Å²) in [5.74, 6) is -1.94. The van der Waals surface area contributed by atoms with Crippen molar-refractivity contribution in [3.8, 4) is 0 Å². The van der Waals surface area contributed by atoms with Crippen LogP contribution in [0.25, 0.3) is 0 Å². The highest BCUT2D eigenvalue weighted by Gasteiger charge is 2.36. The number of carbonyl (C=O) groups is 1. The molecule has 0 spiro atoms. The third-order valence-electron chi connectivity index (χ3n) is 6.39. The van der Waals surface area contributed by atoms with E-state index in [9.17, 15) is 22.0 Å². The number of anilines is 1. The molecule has 0 bridgehead atoms. The van der Waals surface area contributed by atoms with Crippen LogP contribution in [0.5, 0.6) is 0 Å². The van der Waals surface area contributed by atoms with Gasteiger partial charge in [0.1, 0.15) is 28.8 Å². The number of aromatic nitrogens is 2. The van der Waals surface area contributed by atoms with E-state index in [-0.39, 0.29) is 17.8 Å². The third-order valence-corrected chi connectivity index (χ3v) is 7.75. The first kappa shape index (κ1) is 21.7. The van der Waals surface area contributed by atoms with Crippen LogP contribution in [-0.2, 0) is 21.2 Å². The lowest BCUT2D eigenvalue weighted by Gasteiger charge is -2.11. The van der Waals surface area contributed by atoms with Crippen molar-refractivity contribution in [2.24, 2.45) is 0 Å². The second kappa shape index (κ2) is 8.36. The number of amides is 1. The van der Waals surface area contributed by atoms with Crippen LogP contribution in [0.1, 0.15) is 49.8 Å². The molecule has 1 aromatic heterocycles. The van der Waals surface area contributed by atoms with Crippen molar-refractivity contribution < 1.29 is 26.6 Å². The zero-order valence-corrected chi connectivity index (χ0v) is 18.6. The molecule has 0 radical (unpaired) electrons. The largest absolute Gasteiger partial charge is 0.349 e. The number of sulfonamides is 1. The third kappa shape index (κ3) is 4.17. The molecule has 2 aliphatic heterocycles. The van der Waals surface area contributed by atoms with Crippen LogP contribution < -0.4 is 10.0 Å². The summed E-state index contributed by atoms with van der Waals surface area (Å²) in [4.78, 5) is 12.0. The normalized spacial score (nSPS) is 18.5. The number of hydrogen-bond acceptors (Lipinski definition) is 4. The molecule has 33 heavy (non-hydrogen) atoms. The summed E-state index contributed by atoms with van der Waals surface area (Å²) < 4.78 is 57.3. The zero-order chi connectivity index (χ0) is 23.2. The fourth-order valence-electron chi connectivity index (χ4n) is 4.74. The molecule has 2 aromatic rings. The van der Waals surface area contributed by atoms with Crippen LogP contribution in [0.2, 0.25) is 0 Å². The van der Waals surface area contributed by atoms with Gasteiger partial charge in [0.15, 0.2) is 12.0 Å². The van der Waals surface area contributed by atoms with Crippen molar-refractivity contribution in [3.05, 3.63) is 52.9 Å². The zero-order valence-electron chi connectivity index (χ0n) is 17.8. The molecule has 1 fully saturated rings. The topological polar surface area (TPSA) is 107 Å². The molecule has 1 aromatic carbocycles. The van der Waals surface area contributed by atoms with Crippen LogP contribution in [0.15, 0.2) is 34.9 Å². The van der Waals surface area contributed by atoms with E-state index in [1.165, 1.54) is 0 Å². The number of halogens is 2. The van der Waals surface area contributed by atoms with Crippen molar-refractivity contribution in [3.63, 3.8) is 0 Å². The molecule has 3 aliphatic rings. The number of nitrogens with one attached hydrogen (secondary N) is 3. The van der Waals surface area contributed by atoms with Crippen LogP contribution in [0, 0.1) is 11.6 Å². The Balaban J connectivity index is 1.38. The number of fused-ring (bicyclic) bond motifs is 2. The van der Waals surface area contributed by atoms with Crippen LogP contribution >= 0.6 is 0 Å². The van der Waals surface area contributed by atoms with Crippen molar-refractivity contribution >= 4 is 27.5 Å². The first-order valence-electron chi connectivity index (χ1n) is 11.0. The van der Waals surface area contributed by atoms with Crippen molar-refractivity contribution in [1.29, 1.82) is 0 Å². The monoisotopic (exact) mass is 476 g/mol. The van der Waals surface area contributed by atoms with E-state index in [0.717, 1.165) is 43.5 Å². The van der Waals surface area contributed by atoms with Gasteiger partial charge in [0, 0.05) is 18.0 Å². The summed E-state index contributed by atoms with van der Waals surface area (Å²) in [6.07, 6.45) is 7.74. The average Bonchev–Trinajstić information content (AvgIpc) is 3.49. The number of rotatable bonds is 5. The molecule has 1 saturated carbocycles. The fourth-order valence-corrected chi connectivity index (χ4v) is 5.86. The van der Waals surface area contributed by atoms with Crippen LogP contribution in [0.4, 0.5) is 14.6 Å². The second-order valence-electron chi connectivity index (χ2n) is 8.64. The molecule has 5 rings (SSSR count). The molecule has 11 heteroatoms. The minimum Gasteiger partial charge on any atom is -0.349 e. The quantitative estimate of drug-likeness (QED) is 0.577. The molecular weight excluding hydrogens is 452 g/mol. The molecule has 0 unspecified atom stereocenters. The molecule has 0 atom stereocenters. The molecular formula is C22H24F2N5O3S+. The van der Waals surface area contributed by atoms with Gasteiger partial charge in [-0.2, -0.15) is 9.67 Å². The van der Waals surface area contributed by atoms with Gasteiger partial charge in [-0.3, -0.25) is 14.6 Å². The Hall–Kier alpha value is -3.08. The molecule has 3 heterocycles. The smallest absolute Gasteiger partial charge is 0.266 e. The van der Waals surface area contributed by atoms with Gasteiger partial charge in [-0.1, -0.05) is 12.8 Å². The van der Waals surface area contributed by atoms with Gasteiger partial charge in [-0.05, 0) is 37.5 Å². The Bertz CT molecular complexity index is 1290. The minimum absolute atomic E-state index is 0.0480. The maximum Gasteiger partial charge on any atom is 0.266 e. The predicted molar refractivity (Wildman–Crippen MR) is 116 cm³/mol. The molecule has 8 nitrogen and oxygen atoms in total. The Kier molecular flexibility index (Phi) is 5.51. The summed E-state index contributed by atoms with van der Waals surface area (Å²) in [5, 5.41) is 10.1. The molecule has 0 saturated heterocycles. The predicted octanol–water partition coefficient (Wildman–Crippen LogP) is 2.58. The van der Waals surface area contributed by atoms with Crippen LogP contribution in [0.3, 0.4) is 0 Å². The first-order chi connectivity index (χ1) is 15.8. The van der Waals surface area contributed by atoms with E-state index >= 15 is 0 Å². The van der Waals surface area contributed by atoms with E-state index in [1.807, 2.05) is 10.8 Å². The molecule has 174 valence electrons. The highest BCUT2D eigenvalue weighted by molar-refractivity contribution is 7.92. The van der Waals surface area contributed by atoms with Gasteiger partial charge in [0.25, 0.3) is 15.9 Å². The number of aromatic amines is 1. The molecule has 1 amide bonds. The van der Waals surface area contributed by atoms with Crippen molar-refractivity contribution in [1.82, 2.24) is 15.5 Å². The Morgan fingerprint density at radius 2 is 1.97 bits per heavy atom. The van der Waals surface area contributed by atoms with Gasteiger partial charge in [0.2, 0.25) is 5.71 Å². The van der Waals surface area contributed by atoms with Gasteiger partial charge in [-0.15, -0.1) is 0 Å². The number of H-pyrrole nitrogens is 1. The fraction of sp³-hybridized carbons (Fsp3) is 0.409. The summed E-state index contributed by atoms with van der Waals surface area (Å²) >= 11 is 0. The van der Waals surface area contributed by atoms with Crippen LogP contribution in [-0.4, -0.2) is 47.4 Å². The van der Waals surface area contributed by atoms with E-state index in [4.69, 9.17) is 0 Å². The highest BCUT2D eigenvalue weighted by atomic mass is 32.2. The van der Waals surface area contributed by atoms with Crippen molar-refractivity contribution in [2.45, 2.75) is 55.9 Å². The minimum atomic E-state index is -4.39. The Labute approximate surface area is 189 Å². The van der Waals surface area contributed by atoms with Gasteiger partial charge >= 0.3 is 0 Å². The molecule has 3 N–H and O–H groups in total. The number of hydrogen-bond donors (Lipinski definition) is 3. The number of carbonyl (C=O) groups excluding carboxylic acids is 1. The van der Waals surface area contributed by atoms with E-state index < -0.39 is 26.6 Å². The summed E-state index contributed by atoms with van der Waals surface area (Å²) in [6, 6.07) is 2.48. The standard InChI is InChI=1S/C22H23F2N5O3S/c23-14-7-8-17(24)19(11-14)33(31,32)28-21-16-6-3-9-29-12-13(10-18(29)20(16)26-27-21)22(30)25-15-4-1-2-5-15/h7-8,11-12,15,28H,1-6,9-10H2,(H,25,30)/p+1. The first-order valence-corrected chi connectivity index (χ1v) is 12.5. The second-order valence-corrected chi connectivity index (χ2v) is 10.3. The Morgan fingerprint density at radius 1 is 1.18 bits per heavy atom. The van der Waals surface area contributed by atoms with E-state index in [1.54, 1.807) is 0 Å². The van der Waals surface area contributed by atoms with Gasteiger partial charge < -0.3 is 5.32 Å². The summed E-state index contributed by atoms with van der Waals surface area (Å²) in [7, 11) is -4.39. The van der Waals surface area contributed by atoms with Crippen molar-refractivity contribution in [2.75, 3.05) is 11.3 Å². The van der Waals surface area contributed by atoms with Gasteiger partial charge in [0.05, 0.1) is 12.0 Å². The van der Waals surface area contributed by atoms with E-state index in [2.05, 4.69) is 20.2 Å². The number of benzene rings is 1. The lowest BCUT2D eigenvalue weighted by atomic mass is 10.0. The van der Waals surface area contributed by atoms with E-state index in [0.29, 0.717) is 48.7 Å². The maximum atomic E-state index is 14.1. The Morgan fingerprint density at radius 3 is 2.76 bits per heavy atom. The maximum absolute atomic E-state index is 14.1. The molecule has 1 aliphatic carbocycles. The summed E-state index contributed by atoms with van der Waals surface area (Å²) in [5.41, 5.74) is 2.78. The lowest BCUT2D eigenvalue weighted by Crippen LogP contribution is -2.33. The summed E-state index contributed by atoms with van der Waals surface area (Å²) in [6.45, 7) is 0.669.